The van der Waals surface area contributed by atoms with Crippen LogP contribution in [-0.4, -0.2) is 62.8 Å². The van der Waals surface area contributed by atoms with Gasteiger partial charge in [0.25, 0.3) is 0 Å². The molecule has 0 aliphatic carbocycles. The molecule has 0 aromatic heterocycles. The van der Waals surface area contributed by atoms with E-state index in [9.17, 15) is 9.59 Å². The molecule has 0 unspecified atom stereocenters. The summed E-state index contributed by atoms with van der Waals surface area (Å²) in [4.78, 5) is 24.0. The highest BCUT2D eigenvalue weighted by molar-refractivity contribution is 8.68. The van der Waals surface area contributed by atoms with Crippen LogP contribution in [0.3, 0.4) is 0 Å². The zero-order valence-electron chi connectivity index (χ0n) is 19.5. The van der Waals surface area contributed by atoms with E-state index in [1.54, 1.807) is 0 Å². The van der Waals surface area contributed by atoms with Crippen molar-refractivity contribution in [3.63, 3.8) is 0 Å². The summed E-state index contributed by atoms with van der Waals surface area (Å²) in [6.07, 6.45) is 3.72. The van der Waals surface area contributed by atoms with Crippen LogP contribution >= 0.6 is 34.2 Å². The van der Waals surface area contributed by atoms with Crippen molar-refractivity contribution in [2.24, 2.45) is 0 Å². The summed E-state index contributed by atoms with van der Waals surface area (Å²) in [7, 11) is 0. The Kier molecular flexibility index (Phi) is 20.5. The summed E-state index contributed by atoms with van der Waals surface area (Å²) >= 11 is 13.3. The van der Waals surface area contributed by atoms with E-state index in [4.69, 9.17) is 41.7 Å². The second-order valence-corrected chi connectivity index (χ2v) is 18.8. The van der Waals surface area contributed by atoms with Crippen LogP contribution in [-0.2, 0) is 51.3 Å². The van der Waals surface area contributed by atoms with Gasteiger partial charge in [-0.15, -0.1) is 0 Å². The maximum atomic E-state index is 12.0. The van der Waals surface area contributed by atoms with Gasteiger partial charge in [-0.1, -0.05) is 35.6 Å². The molecular formula is C18H38N2O6P2S4. The van der Waals surface area contributed by atoms with E-state index in [0.717, 1.165) is 25.7 Å². The van der Waals surface area contributed by atoms with Gasteiger partial charge in [0.05, 0.1) is 37.9 Å². The van der Waals surface area contributed by atoms with Gasteiger partial charge in [0.2, 0.25) is 23.2 Å². The Labute approximate surface area is 211 Å². The molecule has 0 aliphatic heterocycles. The lowest BCUT2D eigenvalue weighted by atomic mass is 10.2. The van der Waals surface area contributed by atoms with Gasteiger partial charge in [-0.3, -0.25) is 9.59 Å². The molecule has 0 aromatic rings. The molecule has 0 heterocycles. The molecule has 0 atom stereocenters. The first kappa shape index (κ1) is 32.8. The number of hydrogen-bond acceptors (Lipinski definition) is 10. The number of amides is 2. The van der Waals surface area contributed by atoms with Crippen LogP contribution in [0.25, 0.3) is 0 Å². The summed E-state index contributed by atoms with van der Waals surface area (Å²) in [5.74, 6) is 0.352. The Bertz CT molecular complexity index is 558. The van der Waals surface area contributed by atoms with E-state index in [0.29, 0.717) is 39.5 Å². The van der Waals surface area contributed by atoms with Crippen molar-refractivity contribution in [1.29, 1.82) is 0 Å². The summed E-state index contributed by atoms with van der Waals surface area (Å²) < 4.78 is 22.0. The molecule has 0 saturated heterocycles. The fraction of sp³-hybridized carbons (Fsp3) is 0.889. The molecule has 0 fully saturated rings. The molecule has 0 radical (unpaired) electrons. The zero-order valence-corrected chi connectivity index (χ0v) is 24.5. The minimum Gasteiger partial charge on any atom is -0.355 e. The Morgan fingerprint density at radius 2 is 0.969 bits per heavy atom. The monoisotopic (exact) mass is 568 g/mol. The molecule has 0 rings (SSSR count). The Balaban J connectivity index is 3.81. The van der Waals surface area contributed by atoms with Gasteiger partial charge in [-0.05, 0) is 64.2 Å². The molecule has 32 heavy (non-hydrogen) atoms. The van der Waals surface area contributed by atoms with Gasteiger partial charge < -0.3 is 28.7 Å². The van der Waals surface area contributed by atoms with Crippen molar-refractivity contribution in [2.45, 2.75) is 53.4 Å². The minimum atomic E-state index is -2.43. The predicted molar refractivity (Wildman–Crippen MR) is 144 cm³/mol. The lowest BCUT2D eigenvalue weighted by molar-refractivity contribution is -0.119. The van der Waals surface area contributed by atoms with Crippen molar-refractivity contribution < 1.29 is 27.7 Å². The summed E-state index contributed by atoms with van der Waals surface area (Å²) in [5.41, 5.74) is -4.85. The highest BCUT2D eigenvalue weighted by atomic mass is 32.9. The third-order valence-electron chi connectivity index (χ3n) is 3.60. The highest BCUT2D eigenvalue weighted by Crippen LogP contribution is 2.61. The maximum Gasteiger partial charge on any atom is 0.247 e. The van der Waals surface area contributed by atoms with Crippen LogP contribution in [0.2, 0.25) is 0 Å². The lowest BCUT2D eigenvalue weighted by Crippen LogP contribution is -2.27. The van der Waals surface area contributed by atoms with Gasteiger partial charge in [-0.25, -0.2) is 0 Å². The molecule has 0 bridgehead atoms. The highest BCUT2D eigenvalue weighted by Gasteiger charge is 2.21. The van der Waals surface area contributed by atoms with Gasteiger partial charge >= 0.3 is 0 Å². The molecule has 2 amide bonds. The maximum absolute atomic E-state index is 12.0. The Morgan fingerprint density at radius 3 is 1.25 bits per heavy atom. The molecule has 190 valence electrons. The van der Waals surface area contributed by atoms with Crippen molar-refractivity contribution in [2.75, 3.05) is 51.0 Å². The predicted octanol–water partition coefficient (Wildman–Crippen LogP) is 4.84. The number of rotatable bonds is 21. The van der Waals surface area contributed by atoms with Gasteiger partial charge in [0.15, 0.2) is 0 Å². The summed E-state index contributed by atoms with van der Waals surface area (Å²) in [6.45, 7) is 10.6. The largest absolute Gasteiger partial charge is 0.355 e. The number of nitrogens with one attached hydrogen (secondary N) is 2. The van der Waals surface area contributed by atoms with Gasteiger partial charge in [0.1, 0.15) is 0 Å². The Hall–Kier alpha value is 0.780. The standard InChI is InChI=1S/C18H38N2O6P2S4/c1-5-23-27(29,24-6-2)31-15-17(21)19-13-11-9-10-12-14-20-18(22)16-32-28(30,25-7-3)26-8-4/h5-16H2,1-4H3,(H,19,21)(H,20,22). The molecule has 0 spiro atoms. The quantitative estimate of drug-likeness (QED) is 0.148. The van der Waals surface area contributed by atoms with E-state index in [-0.39, 0.29) is 23.3 Å². The summed E-state index contributed by atoms with van der Waals surface area (Å²) in [6, 6.07) is 0. The number of carbonyl (C=O) groups is 2. The third-order valence-corrected chi connectivity index (χ3v) is 14.4. The van der Waals surface area contributed by atoms with E-state index in [1.165, 1.54) is 22.8 Å². The van der Waals surface area contributed by atoms with Crippen LogP contribution in [0.1, 0.15) is 53.4 Å². The van der Waals surface area contributed by atoms with E-state index in [2.05, 4.69) is 10.6 Å². The normalized spacial score (nSPS) is 12.0. The molecule has 8 nitrogen and oxygen atoms in total. The second-order valence-electron chi connectivity index (χ2n) is 6.23. The van der Waals surface area contributed by atoms with Crippen LogP contribution in [0, 0.1) is 0 Å². The first-order valence-electron chi connectivity index (χ1n) is 10.8. The van der Waals surface area contributed by atoms with Gasteiger partial charge in [-0.2, -0.15) is 0 Å². The van der Waals surface area contributed by atoms with Gasteiger partial charge in [0, 0.05) is 13.1 Å². The number of unbranched alkanes of at least 4 members (excludes halogenated alkanes) is 3. The second kappa shape index (κ2) is 20.0. The molecule has 14 heteroatoms. The fourth-order valence-electron chi connectivity index (χ4n) is 2.29. The number of hydrogen-bond donors (Lipinski definition) is 2. The first-order valence-corrected chi connectivity index (χ1v) is 19.3. The van der Waals surface area contributed by atoms with Crippen molar-refractivity contribution in [3.8, 4) is 0 Å². The summed E-state index contributed by atoms with van der Waals surface area (Å²) in [5, 5.41) is 5.80. The molecule has 0 aromatic carbocycles. The molecular weight excluding hydrogens is 530 g/mol. The van der Waals surface area contributed by atoms with Crippen LogP contribution in [0.15, 0.2) is 0 Å². The van der Waals surface area contributed by atoms with Crippen LogP contribution in [0.4, 0.5) is 0 Å². The van der Waals surface area contributed by atoms with Crippen LogP contribution in [0.5, 0.6) is 0 Å². The number of carbonyl (C=O) groups excluding carboxylic acids is 2. The van der Waals surface area contributed by atoms with Crippen molar-refractivity contribution in [3.05, 3.63) is 0 Å². The van der Waals surface area contributed by atoms with E-state index >= 15 is 0 Å². The van der Waals surface area contributed by atoms with Crippen molar-refractivity contribution >= 4 is 69.6 Å². The molecule has 0 aliphatic rings. The topological polar surface area (TPSA) is 95.1 Å². The van der Waals surface area contributed by atoms with E-state index in [1.807, 2.05) is 27.7 Å². The van der Waals surface area contributed by atoms with Crippen LogP contribution < -0.4 is 10.6 Å². The third kappa shape index (κ3) is 17.2. The molecule has 2 N–H and O–H groups in total. The Morgan fingerprint density at radius 1 is 0.656 bits per heavy atom. The molecule has 0 saturated carbocycles. The van der Waals surface area contributed by atoms with Crippen molar-refractivity contribution in [1.82, 2.24) is 10.6 Å². The average molecular weight is 569 g/mol. The average Bonchev–Trinajstić information content (AvgIpc) is 2.73. The SMILES string of the molecule is CCOP(=S)(OCC)SCC(=O)NCCCCCCNC(=O)CSP(=S)(OCC)OCC. The smallest absolute Gasteiger partial charge is 0.247 e. The fourth-order valence-corrected chi connectivity index (χ4v) is 10.8. The minimum absolute atomic E-state index is 0.0619. The lowest BCUT2D eigenvalue weighted by Gasteiger charge is -2.19. The first-order chi connectivity index (χ1) is 15.2. The zero-order chi connectivity index (χ0) is 24.3. The van der Waals surface area contributed by atoms with E-state index < -0.39 is 11.4 Å².